The highest BCUT2D eigenvalue weighted by molar-refractivity contribution is 6.31. The van der Waals surface area contributed by atoms with Crippen LogP contribution in [-0.4, -0.2) is 13.1 Å². The molecule has 1 fully saturated rings. The van der Waals surface area contributed by atoms with Crippen LogP contribution < -0.4 is 5.32 Å². The van der Waals surface area contributed by atoms with Gasteiger partial charge >= 0.3 is 0 Å². The second kappa shape index (κ2) is 5.83. The molecular formula is C14H19ClFN. The number of benzene rings is 1. The van der Waals surface area contributed by atoms with Crippen molar-refractivity contribution in [2.75, 3.05) is 7.05 Å². The summed E-state index contributed by atoms with van der Waals surface area (Å²) in [7, 11) is 2.02. The molecule has 0 radical (unpaired) electrons. The minimum atomic E-state index is -0.257. The van der Waals surface area contributed by atoms with Crippen LogP contribution in [0.3, 0.4) is 0 Å². The van der Waals surface area contributed by atoms with Crippen molar-refractivity contribution in [3.63, 3.8) is 0 Å². The quantitative estimate of drug-likeness (QED) is 0.866. The number of rotatable bonds is 3. The van der Waals surface area contributed by atoms with Gasteiger partial charge < -0.3 is 5.32 Å². The van der Waals surface area contributed by atoms with E-state index in [4.69, 9.17) is 11.6 Å². The summed E-state index contributed by atoms with van der Waals surface area (Å²) in [5, 5.41) is 3.95. The van der Waals surface area contributed by atoms with Crippen LogP contribution in [0.4, 0.5) is 4.39 Å². The summed E-state index contributed by atoms with van der Waals surface area (Å²) >= 11 is 6.08. The van der Waals surface area contributed by atoms with Gasteiger partial charge in [-0.2, -0.15) is 0 Å². The van der Waals surface area contributed by atoms with Crippen LogP contribution in [0.15, 0.2) is 18.2 Å². The molecule has 0 aromatic heterocycles. The predicted octanol–water partition coefficient (Wildman–Crippen LogP) is 3.80. The second-order valence-corrected chi connectivity index (χ2v) is 5.29. The van der Waals surface area contributed by atoms with Crippen molar-refractivity contribution in [2.24, 2.45) is 5.92 Å². The highest BCUT2D eigenvalue weighted by atomic mass is 35.5. The van der Waals surface area contributed by atoms with Gasteiger partial charge in [-0.15, -0.1) is 0 Å². The van der Waals surface area contributed by atoms with Crippen LogP contribution in [0.25, 0.3) is 0 Å². The minimum Gasteiger partial charge on any atom is -0.317 e. The second-order valence-electron chi connectivity index (χ2n) is 4.88. The molecule has 0 spiro atoms. The van der Waals surface area contributed by atoms with E-state index < -0.39 is 0 Å². The van der Waals surface area contributed by atoms with Crippen LogP contribution in [0.2, 0.25) is 5.02 Å². The number of halogens is 2. The molecule has 1 nitrogen and oxygen atoms in total. The fourth-order valence-corrected chi connectivity index (χ4v) is 3.05. The Hall–Kier alpha value is -0.600. The summed E-state index contributed by atoms with van der Waals surface area (Å²) in [6, 6.07) is 5.30. The summed E-state index contributed by atoms with van der Waals surface area (Å²) in [5.74, 6) is 0.365. The van der Waals surface area contributed by atoms with E-state index in [0.717, 1.165) is 12.0 Å². The predicted molar refractivity (Wildman–Crippen MR) is 69.9 cm³/mol. The van der Waals surface area contributed by atoms with E-state index in [2.05, 4.69) is 5.32 Å². The lowest BCUT2D eigenvalue weighted by Gasteiger charge is -2.31. The average molecular weight is 256 g/mol. The number of hydrogen-bond donors (Lipinski definition) is 1. The van der Waals surface area contributed by atoms with E-state index in [1.165, 1.54) is 37.8 Å². The van der Waals surface area contributed by atoms with Crippen LogP contribution in [0.1, 0.15) is 31.2 Å². The maximum Gasteiger partial charge on any atom is 0.124 e. The van der Waals surface area contributed by atoms with Gasteiger partial charge in [0, 0.05) is 11.1 Å². The summed E-state index contributed by atoms with van der Waals surface area (Å²) in [4.78, 5) is 0. The monoisotopic (exact) mass is 255 g/mol. The van der Waals surface area contributed by atoms with Crippen LogP contribution >= 0.6 is 11.6 Å². The molecule has 2 rings (SSSR count). The van der Waals surface area contributed by atoms with Gasteiger partial charge in [-0.1, -0.05) is 30.5 Å². The highest BCUT2D eigenvalue weighted by Crippen LogP contribution is 2.29. The van der Waals surface area contributed by atoms with Gasteiger partial charge in [0.1, 0.15) is 5.82 Å². The molecule has 1 N–H and O–H groups in total. The van der Waals surface area contributed by atoms with Crippen molar-refractivity contribution in [3.05, 3.63) is 34.6 Å². The fourth-order valence-electron chi connectivity index (χ4n) is 2.80. The molecule has 3 heteroatoms. The molecule has 0 saturated heterocycles. The lowest BCUT2D eigenvalue weighted by molar-refractivity contribution is 0.273. The largest absolute Gasteiger partial charge is 0.317 e. The molecule has 1 aromatic carbocycles. The Balaban J connectivity index is 2.08. The molecule has 1 aliphatic rings. The van der Waals surface area contributed by atoms with Gasteiger partial charge in [-0.25, -0.2) is 4.39 Å². The van der Waals surface area contributed by atoms with Gasteiger partial charge in [0.25, 0.3) is 0 Å². The molecule has 1 aliphatic carbocycles. The van der Waals surface area contributed by atoms with Gasteiger partial charge in [0.2, 0.25) is 0 Å². The van der Waals surface area contributed by atoms with Gasteiger partial charge in [0.05, 0.1) is 0 Å². The topological polar surface area (TPSA) is 12.0 Å². The van der Waals surface area contributed by atoms with E-state index in [9.17, 15) is 4.39 Å². The first-order chi connectivity index (χ1) is 8.20. The smallest absolute Gasteiger partial charge is 0.124 e. The van der Waals surface area contributed by atoms with Crippen LogP contribution in [-0.2, 0) is 6.42 Å². The molecule has 0 amide bonds. The summed E-state index contributed by atoms with van der Waals surface area (Å²) in [5.41, 5.74) is 1.07. The Morgan fingerprint density at radius 3 is 2.82 bits per heavy atom. The summed E-state index contributed by atoms with van der Waals surface area (Å²) in [6.07, 6.45) is 6.02. The minimum absolute atomic E-state index is 0.257. The van der Waals surface area contributed by atoms with E-state index >= 15 is 0 Å². The SMILES string of the molecule is CNC1CCCCC1Cc1ccc(F)cc1Cl. The van der Waals surface area contributed by atoms with Gasteiger partial charge in [-0.3, -0.25) is 0 Å². The first-order valence-electron chi connectivity index (χ1n) is 6.32. The molecule has 94 valence electrons. The molecule has 0 bridgehead atoms. The van der Waals surface area contributed by atoms with Crippen molar-refractivity contribution in [1.29, 1.82) is 0 Å². The van der Waals surface area contributed by atoms with Crippen LogP contribution in [0.5, 0.6) is 0 Å². The molecule has 2 unspecified atom stereocenters. The van der Waals surface area contributed by atoms with E-state index in [1.807, 2.05) is 13.1 Å². The zero-order valence-electron chi connectivity index (χ0n) is 10.2. The Morgan fingerprint density at radius 2 is 2.12 bits per heavy atom. The maximum absolute atomic E-state index is 13.0. The van der Waals surface area contributed by atoms with E-state index in [1.54, 1.807) is 0 Å². The van der Waals surface area contributed by atoms with Crippen molar-refractivity contribution >= 4 is 11.6 Å². The van der Waals surface area contributed by atoms with E-state index in [-0.39, 0.29) is 5.82 Å². The Morgan fingerprint density at radius 1 is 1.35 bits per heavy atom. The first kappa shape index (κ1) is 12.8. The molecule has 17 heavy (non-hydrogen) atoms. The molecule has 2 atom stereocenters. The standard InChI is InChI=1S/C14H19ClFN/c1-17-14-5-3-2-4-11(14)8-10-6-7-12(16)9-13(10)15/h6-7,9,11,14,17H,2-5,8H2,1H3. The summed E-state index contributed by atoms with van der Waals surface area (Å²) in [6.45, 7) is 0. The third-order valence-corrected chi connectivity index (χ3v) is 4.13. The van der Waals surface area contributed by atoms with Crippen molar-refractivity contribution < 1.29 is 4.39 Å². The number of nitrogens with one attached hydrogen (secondary N) is 1. The molecular weight excluding hydrogens is 237 g/mol. The van der Waals surface area contributed by atoms with Crippen molar-refractivity contribution in [1.82, 2.24) is 5.32 Å². The molecule has 0 heterocycles. The lowest BCUT2D eigenvalue weighted by Crippen LogP contribution is -2.37. The Bertz CT molecular complexity index is 380. The first-order valence-corrected chi connectivity index (χ1v) is 6.69. The average Bonchev–Trinajstić information content (AvgIpc) is 2.33. The van der Waals surface area contributed by atoms with E-state index in [0.29, 0.717) is 17.0 Å². The van der Waals surface area contributed by atoms with Crippen molar-refractivity contribution in [2.45, 2.75) is 38.1 Å². The van der Waals surface area contributed by atoms with Gasteiger partial charge in [-0.05, 0) is 49.9 Å². The third-order valence-electron chi connectivity index (χ3n) is 3.78. The molecule has 0 aliphatic heterocycles. The van der Waals surface area contributed by atoms with Crippen LogP contribution in [0, 0.1) is 11.7 Å². The summed E-state index contributed by atoms with van der Waals surface area (Å²) < 4.78 is 13.0. The maximum atomic E-state index is 13.0. The third kappa shape index (κ3) is 3.20. The lowest BCUT2D eigenvalue weighted by atomic mass is 9.81. The molecule has 1 saturated carbocycles. The number of hydrogen-bond acceptors (Lipinski definition) is 1. The Labute approximate surface area is 107 Å². The fraction of sp³-hybridized carbons (Fsp3) is 0.571. The normalized spacial score (nSPS) is 24.9. The highest BCUT2D eigenvalue weighted by Gasteiger charge is 2.24. The molecule has 1 aromatic rings. The Kier molecular flexibility index (Phi) is 4.41. The zero-order valence-corrected chi connectivity index (χ0v) is 10.9. The van der Waals surface area contributed by atoms with Crippen molar-refractivity contribution in [3.8, 4) is 0 Å². The van der Waals surface area contributed by atoms with Gasteiger partial charge in [0.15, 0.2) is 0 Å². The zero-order chi connectivity index (χ0) is 12.3.